The molecule has 5 heteroatoms. The first-order valence-electron chi connectivity index (χ1n) is 5.99. The molecule has 0 aliphatic heterocycles. The normalized spacial score (nSPS) is 10.6. The number of rotatable bonds is 9. The fraction of sp³-hybridized carbons (Fsp3) is 0.538. The van der Waals surface area contributed by atoms with Crippen molar-refractivity contribution >= 4 is 15.9 Å². The molecule has 0 fully saturated rings. The minimum atomic E-state index is 0.0860. The fourth-order valence-corrected chi connectivity index (χ4v) is 1.98. The first kappa shape index (κ1) is 15.4. The molecule has 2 N–H and O–H groups in total. The molecule has 1 rings (SSSR count). The molecule has 0 amide bonds. The Labute approximate surface area is 116 Å². The lowest BCUT2D eigenvalue weighted by Crippen LogP contribution is -2.17. The fourth-order valence-electron chi connectivity index (χ4n) is 1.57. The molecule has 0 saturated heterocycles. The first-order valence-corrected chi connectivity index (χ1v) is 6.79. The van der Waals surface area contributed by atoms with E-state index in [0.29, 0.717) is 13.2 Å². The lowest BCUT2D eigenvalue weighted by atomic mass is 10.2. The minimum absolute atomic E-state index is 0.0860. The molecule has 0 radical (unpaired) electrons. The second kappa shape index (κ2) is 9.33. The lowest BCUT2D eigenvalue weighted by molar-refractivity contribution is 0.0907. The van der Waals surface area contributed by atoms with Gasteiger partial charge in [-0.1, -0.05) is 15.9 Å². The molecule has 4 nitrogen and oxygen atoms in total. The summed E-state index contributed by atoms with van der Waals surface area (Å²) in [6.45, 7) is 2.81. The highest BCUT2D eigenvalue weighted by atomic mass is 79.9. The highest BCUT2D eigenvalue weighted by molar-refractivity contribution is 9.10. The number of nitrogens with one attached hydrogen (secondary N) is 1. The largest absolute Gasteiger partial charge is 0.496 e. The number of aliphatic hydroxyl groups excluding tert-OH is 1. The molecule has 0 atom stereocenters. The standard InChI is InChI=1S/C13H20BrNO3/c1-17-13-4-3-12(14)9-11(13)10-15-5-2-7-18-8-6-16/h3-4,9,15-16H,2,5-8,10H2,1H3. The summed E-state index contributed by atoms with van der Waals surface area (Å²) in [4.78, 5) is 0. The van der Waals surface area contributed by atoms with E-state index in [1.54, 1.807) is 7.11 Å². The Kier molecular flexibility index (Phi) is 8.00. The van der Waals surface area contributed by atoms with Crippen molar-refractivity contribution in [1.82, 2.24) is 5.32 Å². The Bertz CT molecular complexity index is 347. The van der Waals surface area contributed by atoms with Crippen molar-refractivity contribution in [1.29, 1.82) is 0 Å². The van der Waals surface area contributed by atoms with E-state index in [4.69, 9.17) is 14.6 Å². The summed E-state index contributed by atoms with van der Waals surface area (Å²) in [5.41, 5.74) is 1.13. The van der Waals surface area contributed by atoms with Gasteiger partial charge in [0.1, 0.15) is 5.75 Å². The van der Waals surface area contributed by atoms with Gasteiger partial charge in [-0.15, -0.1) is 0 Å². The Balaban J connectivity index is 2.24. The van der Waals surface area contributed by atoms with Gasteiger partial charge < -0.3 is 19.9 Å². The summed E-state index contributed by atoms with van der Waals surface area (Å²) < 4.78 is 11.5. The van der Waals surface area contributed by atoms with E-state index in [2.05, 4.69) is 21.2 Å². The van der Waals surface area contributed by atoms with Crippen LogP contribution in [0.25, 0.3) is 0 Å². The van der Waals surface area contributed by atoms with Crippen LogP contribution in [0.2, 0.25) is 0 Å². The Morgan fingerprint density at radius 3 is 2.89 bits per heavy atom. The molecule has 0 unspecified atom stereocenters. The summed E-state index contributed by atoms with van der Waals surface area (Å²) in [5, 5.41) is 11.9. The van der Waals surface area contributed by atoms with Crippen LogP contribution >= 0.6 is 15.9 Å². The molecule has 1 aromatic carbocycles. The van der Waals surface area contributed by atoms with Crippen LogP contribution in [0.3, 0.4) is 0 Å². The van der Waals surface area contributed by atoms with Crippen molar-refractivity contribution < 1.29 is 14.6 Å². The Morgan fingerprint density at radius 1 is 1.33 bits per heavy atom. The number of ether oxygens (including phenoxy) is 2. The van der Waals surface area contributed by atoms with E-state index in [1.165, 1.54) is 0 Å². The quantitative estimate of drug-likeness (QED) is 0.683. The zero-order chi connectivity index (χ0) is 13.2. The van der Waals surface area contributed by atoms with Gasteiger partial charge in [-0.3, -0.25) is 0 Å². The average Bonchev–Trinajstić information content (AvgIpc) is 2.38. The van der Waals surface area contributed by atoms with E-state index < -0.39 is 0 Å². The van der Waals surface area contributed by atoms with Crippen LogP contribution in [-0.2, 0) is 11.3 Å². The Morgan fingerprint density at radius 2 is 2.17 bits per heavy atom. The smallest absolute Gasteiger partial charge is 0.123 e. The minimum Gasteiger partial charge on any atom is -0.496 e. The van der Waals surface area contributed by atoms with Gasteiger partial charge in [0.05, 0.1) is 20.3 Å². The lowest BCUT2D eigenvalue weighted by Gasteiger charge is -2.10. The molecule has 0 aliphatic carbocycles. The second-order valence-corrected chi connectivity index (χ2v) is 4.74. The monoisotopic (exact) mass is 317 g/mol. The van der Waals surface area contributed by atoms with Crippen LogP contribution in [-0.4, -0.2) is 38.6 Å². The Hall–Kier alpha value is -0.620. The van der Waals surface area contributed by atoms with Gasteiger partial charge in [0, 0.05) is 23.2 Å². The SMILES string of the molecule is COc1ccc(Br)cc1CNCCCOCCO. The summed E-state index contributed by atoms with van der Waals surface area (Å²) in [7, 11) is 1.68. The van der Waals surface area contributed by atoms with Crippen molar-refractivity contribution in [3.05, 3.63) is 28.2 Å². The summed E-state index contributed by atoms with van der Waals surface area (Å²) >= 11 is 3.45. The van der Waals surface area contributed by atoms with Crippen molar-refractivity contribution in [2.75, 3.05) is 33.5 Å². The highest BCUT2D eigenvalue weighted by Gasteiger charge is 2.02. The number of hydrogen-bond acceptors (Lipinski definition) is 4. The van der Waals surface area contributed by atoms with Crippen LogP contribution in [0.5, 0.6) is 5.75 Å². The van der Waals surface area contributed by atoms with Gasteiger partial charge >= 0.3 is 0 Å². The maximum atomic E-state index is 8.54. The molecule has 18 heavy (non-hydrogen) atoms. The zero-order valence-electron chi connectivity index (χ0n) is 10.6. The molecule has 0 aromatic heterocycles. The predicted octanol–water partition coefficient (Wildman–Crippen LogP) is 1.95. The maximum absolute atomic E-state index is 8.54. The maximum Gasteiger partial charge on any atom is 0.123 e. The highest BCUT2D eigenvalue weighted by Crippen LogP contribution is 2.22. The molecule has 0 aliphatic rings. The van der Waals surface area contributed by atoms with E-state index in [9.17, 15) is 0 Å². The first-order chi connectivity index (χ1) is 8.77. The number of aliphatic hydroxyl groups is 1. The summed E-state index contributed by atoms with van der Waals surface area (Å²) in [6, 6.07) is 5.96. The van der Waals surface area contributed by atoms with Gasteiger partial charge in [0.2, 0.25) is 0 Å². The molecule has 0 saturated carbocycles. The third-order valence-corrected chi connectivity index (χ3v) is 2.93. The van der Waals surface area contributed by atoms with Crippen molar-refractivity contribution in [2.24, 2.45) is 0 Å². The number of methoxy groups -OCH3 is 1. The van der Waals surface area contributed by atoms with Crippen molar-refractivity contribution in [3.8, 4) is 5.75 Å². The van der Waals surface area contributed by atoms with Crippen LogP contribution in [0, 0.1) is 0 Å². The molecule has 0 spiro atoms. The van der Waals surface area contributed by atoms with Gasteiger partial charge in [-0.05, 0) is 31.2 Å². The third kappa shape index (κ3) is 5.82. The zero-order valence-corrected chi connectivity index (χ0v) is 12.2. The van der Waals surface area contributed by atoms with Crippen molar-refractivity contribution in [2.45, 2.75) is 13.0 Å². The summed E-state index contributed by atoms with van der Waals surface area (Å²) in [5.74, 6) is 0.891. The van der Waals surface area contributed by atoms with Crippen molar-refractivity contribution in [3.63, 3.8) is 0 Å². The van der Waals surface area contributed by atoms with Gasteiger partial charge in [0.25, 0.3) is 0 Å². The molecule has 1 aromatic rings. The van der Waals surface area contributed by atoms with Crippen LogP contribution in [0.4, 0.5) is 0 Å². The third-order valence-electron chi connectivity index (χ3n) is 2.44. The average molecular weight is 318 g/mol. The molecular formula is C13H20BrNO3. The topological polar surface area (TPSA) is 50.7 Å². The number of benzene rings is 1. The van der Waals surface area contributed by atoms with Gasteiger partial charge in [-0.2, -0.15) is 0 Å². The van der Waals surface area contributed by atoms with E-state index in [-0.39, 0.29) is 6.61 Å². The number of halogens is 1. The van der Waals surface area contributed by atoms with E-state index in [0.717, 1.165) is 35.3 Å². The molecular weight excluding hydrogens is 298 g/mol. The van der Waals surface area contributed by atoms with E-state index in [1.807, 2.05) is 18.2 Å². The predicted molar refractivity (Wildman–Crippen MR) is 74.9 cm³/mol. The van der Waals surface area contributed by atoms with Crippen LogP contribution in [0.1, 0.15) is 12.0 Å². The molecule has 0 heterocycles. The van der Waals surface area contributed by atoms with Gasteiger partial charge in [-0.25, -0.2) is 0 Å². The number of hydrogen-bond donors (Lipinski definition) is 2. The van der Waals surface area contributed by atoms with E-state index >= 15 is 0 Å². The van der Waals surface area contributed by atoms with Crippen LogP contribution < -0.4 is 10.1 Å². The molecule has 102 valence electrons. The van der Waals surface area contributed by atoms with Gasteiger partial charge in [0.15, 0.2) is 0 Å². The van der Waals surface area contributed by atoms with Crippen LogP contribution in [0.15, 0.2) is 22.7 Å². The second-order valence-electron chi connectivity index (χ2n) is 3.82. The summed E-state index contributed by atoms with van der Waals surface area (Å²) in [6.07, 6.45) is 0.927. The molecule has 0 bridgehead atoms.